The normalized spacial score (nSPS) is 26.4. The first-order chi connectivity index (χ1) is 10.2. The smallest absolute Gasteiger partial charge is 0.0558 e. The van der Waals surface area contributed by atoms with E-state index in [4.69, 9.17) is 0 Å². The highest BCUT2D eigenvalue weighted by Gasteiger charge is 2.30. The van der Waals surface area contributed by atoms with Gasteiger partial charge in [-0.25, -0.2) is 0 Å². The van der Waals surface area contributed by atoms with E-state index in [0.29, 0.717) is 12.6 Å². The summed E-state index contributed by atoms with van der Waals surface area (Å²) in [7, 11) is 0. The quantitative estimate of drug-likeness (QED) is 0.614. The molecule has 3 unspecified atom stereocenters. The van der Waals surface area contributed by atoms with Crippen molar-refractivity contribution in [2.24, 2.45) is 11.8 Å². The highest BCUT2D eigenvalue weighted by molar-refractivity contribution is 4.86. The minimum atomic E-state index is 0.292. The predicted octanol–water partition coefficient (Wildman–Crippen LogP) is 3.28. The van der Waals surface area contributed by atoms with Crippen LogP contribution in [0, 0.1) is 11.8 Å². The summed E-state index contributed by atoms with van der Waals surface area (Å²) >= 11 is 0. The minimum Gasteiger partial charge on any atom is -0.395 e. The highest BCUT2D eigenvalue weighted by atomic mass is 16.3. The van der Waals surface area contributed by atoms with Crippen LogP contribution in [0.1, 0.15) is 65.7 Å². The molecule has 21 heavy (non-hydrogen) atoms. The second-order valence-corrected chi connectivity index (χ2v) is 6.79. The van der Waals surface area contributed by atoms with Crippen LogP contribution in [0.3, 0.4) is 0 Å². The molecule has 1 rings (SSSR count). The molecule has 0 radical (unpaired) electrons. The van der Waals surface area contributed by atoms with Gasteiger partial charge in [0.25, 0.3) is 0 Å². The summed E-state index contributed by atoms with van der Waals surface area (Å²) in [5.74, 6) is 1.68. The molecule has 0 aromatic heterocycles. The average Bonchev–Trinajstić information content (AvgIpc) is 2.51. The maximum absolute atomic E-state index is 9.31. The molecule has 2 N–H and O–H groups in total. The number of unbranched alkanes of at least 4 members (excludes halogenated alkanes) is 1. The van der Waals surface area contributed by atoms with Crippen LogP contribution in [0.25, 0.3) is 0 Å². The number of hydrogen-bond acceptors (Lipinski definition) is 3. The SMILES string of the molecule is CCCCN(CCO)CC1CC(CC)CCC1NCCC. The van der Waals surface area contributed by atoms with E-state index in [1.807, 2.05) is 0 Å². The van der Waals surface area contributed by atoms with Gasteiger partial charge in [-0.2, -0.15) is 0 Å². The van der Waals surface area contributed by atoms with Gasteiger partial charge in [-0.05, 0) is 57.0 Å². The molecule has 0 bridgehead atoms. The van der Waals surface area contributed by atoms with Crippen LogP contribution in [0.15, 0.2) is 0 Å². The molecule has 0 spiro atoms. The lowest BCUT2D eigenvalue weighted by atomic mass is 9.76. The maximum atomic E-state index is 9.31. The Bertz CT molecular complexity index is 247. The fourth-order valence-electron chi connectivity index (χ4n) is 3.68. The van der Waals surface area contributed by atoms with Gasteiger partial charge in [0.2, 0.25) is 0 Å². The van der Waals surface area contributed by atoms with E-state index in [2.05, 4.69) is 31.0 Å². The van der Waals surface area contributed by atoms with Crippen molar-refractivity contribution in [3.8, 4) is 0 Å². The van der Waals surface area contributed by atoms with Crippen LogP contribution >= 0.6 is 0 Å². The third-order valence-corrected chi connectivity index (χ3v) is 5.06. The second-order valence-electron chi connectivity index (χ2n) is 6.79. The lowest BCUT2D eigenvalue weighted by Gasteiger charge is -2.39. The van der Waals surface area contributed by atoms with Gasteiger partial charge in [0.1, 0.15) is 0 Å². The summed E-state index contributed by atoms with van der Waals surface area (Å²) in [6.07, 6.45) is 9.13. The molecule has 0 amide bonds. The Labute approximate surface area is 132 Å². The maximum Gasteiger partial charge on any atom is 0.0558 e. The molecule has 126 valence electrons. The molecule has 3 heteroatoms. The molecule has 1 saturated carbocycles. The van der Waals surface area contributed by atoms with E-state index in [-0.39, 0.29) is 0 Å². The van der Waals surface area contributed by atoms with Crippen molar-refractivity contribution in [1.29, 1.82) is 0 Å². The monoisotopic (exact) mass is 298 g/mol. The van der Waals surface area contributed by atoms with Crippen LogP contribution in [0.5, 0.6) is 0 Å². The van der Waals surface area contributed by atoms with Gasteiger partial charge in [0, 0.05) is 19.1 Å². The molecule has 1 fully saturated rings. The van der Waals surface area contributed by atoms with Gasteiger partial charge in [0.15, 0.2) is 0 Å². The molecule has 0 heterocycles. The number of nitrogens with zero attached hydrogens (tertiary/aromatic N) is 1. The third-order valence-electron chi connectivity index (χ3n) is 5.06. The molecular formula is C18H38N2O. The number of rotatable bonds is 11. The Kier molecular flexibility index (Phi) is 10.3. The van der Waals surface area contributed by atoms with Crippen molar-refractivity contribution in [3.05, 3.63) is 0 Å². The van der Waals surface area contributed by atoms with Crippen molar-refractivity contribution in [1.82, 2.24) is 10.2 Å². The van der Waals surface area contributed by atoms with Gasteiger partial charge in [-0.15, -0.1) is 0 Å². The Hall–Kier alpha value is -0.120. The Morgan fingerprint density at radius 3 is 2.52 bits per heavy atom. The minimum absolute atomic E-state index is 0.292. The summed E-state index contributed by atoms with van der Waals surface area (Å²) in [6.45, 7) is 11.4. The number of aliphatic hydroxyl groups excluding tert-OH is 1. The summed E-state index contributed by atoms with van der Waals surface area (Å²) in [6, 6.07) is 0.690. The van der Waals surface area contributed by atoms with E-state index >= 15 is 0 Å². The van der Waals surface area contributed by atoms with Crippen LogP contribution < -0.4 is 5.32 Å². The average molecular weight is 299 g/mol. The zero-order chi connectivity index (χ0) is 15.5. The lowest BCUT2D eigenvalue weighted by molar-refractivity contribution is 0.120. The highest BCUT2D eigenvalue weighted by Crippen LogP contribution is 2.32. The van der Waals surface area contributed by atoms with E-state index < -0.39 is 0 Å². The van der Waals surface area contributed by atoms with Gasteiger partial charge in [-0.3, -0.25) is 0 Å². The third kappa shape index (κ3) is 7.12. The Balaban J connectivity index is 2.56. The predicted molar refractivity (Wildman–Crippen MR) is 91.6 cm³/mol. The summed E-state index contributed by atoms with van der Waals surface area (Å²) in [4.78, 5) is 2.49. The second kappa shape index (κ2) is 11.4. The van der Waals surface area contributed by atoms with E-state index in [9.17, 15) is 5.11 Å². The fourth-order valence-corrected chi connectivity index (χ4v) is 3.68. The first-order valence-electron chi connectivity index (χ1n) is 9.31. The van der Waals surface area contributed by atoms with Crippen molar-refractivity contribution in [3.63, 3.8) is 0 Å². The van der Waals surface area contributed by atoms with Gasteiger partial charge in [-0.1, -0.05) is 33.6 Å². The zero-order valence-corrected chi connectivity index (χ0v) is 14.6. The topological polar surface area (TPSA) is 35.5 Å². The molecule has 0 aliphatic heterocycles. The molecule has 1 aliphatic rings. The standard InChI is InChI=1S/C18H38N2O/c1-4-7-11-20(12-13-21)15-17-14-16(6-3)8-9-18(17)19-10-5-2/h16-19,21H,4-15H2,1-3H3. The van der Waals surface area contributed by atoms with Gasteiger partial charge >= 0.3 is 0 Å². The van der Waals surface area contributed by atoms with Crippen LogP contribution in [-0.4, -0.2) is 48.8 Å². The largest absolute Gasteiger partial charge is 0.395 e. The molecule has 1 aliphatic carbocycles. The molecule has 3 nitrogen and oxygen atoms in total. The van der Waals surface area contributed by atoms with Crippen molar-refractivity contribution in [2.45, 2.75) is 71.8 Å². The number of aliphatic hydroxyl groups is 1. The van der Waals surface area contributed by atoms with Crippen molar-refractivity contribution < 1.29 is 5.11 Å². The molecule has 0 saturated heterocycles. The van der Waals surface area contributed by atoms with Crippen LogP contribution in [0.2, 0.25) is 0 Å². The van der Waals surface area contributed by atoms with Gasteiger partial charge in [0.05, 0.1) is 6.61 Å². The summed E-state index contributed by atoms with van der Waals surface area (Å²) in [5, 5.41) is 13.1. The summed E-state index contributed by atoms with van der Waals surface area (Å²) < 4.78 is 0. The molecule has 0 aromatic carbocycles. The molecule has 0 aromatic rings. The Morgan fingerprint density at radius 2 is 1.90 bits per heavy atom. The van der Waals surface area contributed by atoms with Crippen molar-refractivity contribution in [2.75, 3.05) is 32.8 Å². The first-order valence-corrected chi connectivity index (χ1v) is 9.31. The van der Waals surface area contributed by atoms with E-state index in [0.717, 1.165) is 31.5 Å². The number of hydrogen-bond donors (Lipinski definition) is 2. The summed E-state index contributed by atoms with van der Waals surface area (Å²) in [5.41, 5.74) is 0. The first kappa shape index (κ1) is 18.9. The lowest BCUT2D eigenvalue weighted by Crippen LogP contribution is -2.46. The van der Waals surface area contributed by atoms with E-state index in [1.54, 1.807) is 0 Å². The van der Waals surface area contributed by atoms with Crippen LogP contribution in [-0.2, 0) is 0 Å². The molecule has 3 atom stereocenters. The van der Waals surface area contributed by atoms with Crippen LogP contribution in [0.4, 0.5) is 0 Å². The Morgan fingerprint density at radius 1 is 1.10 bits per heavy atom. The fraction of sp³-hybridized carbons (Fsp3) is 1.00. The van der Waals surface area contributed by atoms with Crippen molar-refractivity contribution >= 4 is 0 Å². The number of nitrogens with one attached hydrogen (secondary N) is 1. The van der Waals surface area contributed by atoms with Gasteiger partial charge < -0.3 is 15.3 Å². The van der Waals surface area contributed by atoms with E-state index in [1.165, 1.54) is 51.5 Å². The zero-order valence-electron chi connectivity index (χ0n) is 14.6. The molecular weight excluding hydrogens is 260 g/mol.